The SMILES string of the molecule is C#CCCC1(CCC(=O)N[C@@H]2CCC(=O)N[C@H]2c2cnn(CC)c2)N=N1. The molecule has 0 radical (unpaired) electrons. The molecule has 138 valence electrons. The van der Waals surface area contributed by atoms with Crippen molar-refractivity contribution in [3.63, 3.8) is 0 Å². The maximum Gasteiger partial charge on any atom is 0.220 e. The monoisotopic (exact) mass is 356 g/mol. The van der Waals surface area contributed by atoms with Gasteiger partial charge >= 0.3 is 0 Å². The Hall–Kier alpha value is -2.69. The summed E-state index contributed by atoms with van der Waals surface area (Å²) in [6.45, 7) is 2.75. The summed E-state index contributed by atoms with van der Waals surface area (Å²) in [4.78, 5) is 24.2. The molecule has 8 heteroatoms. The molecule has 2 N–H and O–H groups in total. The van der Waals surface area contributed by atoms with Crippen LogP contribution in [0.25, 0.3) is 0 Å². The fraction of sp³-hybridized carbons (Fsp3) is 0.611. The highest BCUT2D eigenvalue weighted by molar-refractivity contribution is 5.79. The molecule has 0 saturated carbocycles. The minimum Gasteiger partial charge on any atom is -0.351 e. The summed E-state index contributed by atoms with van der Waals surface area (Å²) in [5.41, 5.74) is 0.453. The molecule has 1 fully saturated rings. The van der Waals surface area contributed by atoms with Crippen molar-refractivity contribution in [2.45, 2.75) is 69.7 Å². The molecule has 2 aliphatic heterocycles. The van der Waals surface area contributed by atoms with Crippen molar-refractivity contribution in [3.05, 3.63) is 18.0 Å². The third-order valence-electron chi connectivity index (χ3n) is 4.89. The van der Waals surface area contributed by atoms with Gasteiger partial charge in [0.05, 0.1) is 18.3 Å². The van der Waals surface area contributed by atoms with Gasteiger partial charge in [-0.05, 0) is 13.3 Å². The van der Waals surface area contributed by atoms with Crippen molar-refractivity contribution in [1.82, 2.24) is 20.4 Å². The van der Waals surface area contributed by atoms with E-state index in [-0.39, 0.29) is 23.9 Å². The first-order chi connectivity index (χ1) is 12.5. The van der Waals surface area contributed by atoms with E-state index in [0.717, 1.165) is 12.1 Å². The molecular weight excluding hydrogens is 332 g/mol. The third kappa shape index (κ3) is 4.28. The number of aromatic nitrogens is 2. The molecule has 0 spiro atoms. The number of aryl methyl sites for hydroxylation is 1. The largest absolute Gasteiger partial charge is 0.351 e. The first-order valence-corrected chi connectivity index (χ1v) is 9.04. The molecule has 1 aromatic heterocycles. The van der Waals surface area contributed by atoms with E-state index >= 15 is 0 Å². The Kier molecular flexibility index (Phi) is 5.35. The van der Waals surface area contributed by atoms with E-state index in [2.05, 4.69) is 31.9 Å². The van der Waals surface area contributed by atoms with Gasteiger partial charge in [-0.1, -0.05) is 0 Å². The van der Waals surface area contributed by atoms with E-state index in [0.29, 0.717) is 38.5 Å². The second kappa shape index (κ2) is 7.68. The van der Waals surface area contributed by atoms with E-state index < -0.39 is 5.66 Å². The fourth-order valence-corrected chi connectivity index (χ4v) is 3.24. The lowest BCUT2D eigenvalue weighted by Gasteiger charge is -2.32. The van der Waals surface area contributed by atoms with Gasteiger partial charge in [0.1, 0.15) is 0 Å². The van der Waals surface area contributed by atoms with E-state index in [4.69, 9.17) is 6.42 Å². The summed E-state index contributed by atoms with van der Waals surface area (Å²) in [6.07, 6.45) is 12.1. The van der Waals surface area contributed by atoms with Gasteiger partial charge in [0.25, 0.3) is 0 Å². The van der Waals surface area contributed by atoms with Gasteiger partial charge in [0.2, 0.25) is 11.8 Å². The van der Waals surface area contributed by atoms with Crippen molar-refractivity contribution in [1.29, 1.82) is 0 Å². The van der Waals surface area contributed by atoms with Crippen LogP contribution in [0.5, 0.6) is 0 Å². The summed E-state index contributed by atoms with van der Waals surface area (Å²) >= 11 is 0. The first-order valence-electron chi connectivity index (χ1n) is 9.04. The number of piperidine rings is 1. The van der Waals surface area contributed by atoms with Crippen molar-refractivity contribution in [2.75, 3.05) is 0 Å². The molecule has 2 amide bonds. The van der Waals surface area contributed by atoms with E-state index in [1.165, 1.54) is 0 Å². The zero-order valence-corrected chi connectivity index (χ0v) is 14.9. The standard InChI is InChI=1S/C18H24N6O2/c1-3-5-9-18(22-23-18)10-8-16(26)20-14-6-7-15(25)21-17(14)13-11-19-24(4-2)12-13/h1,11-12,14,17H,4-10H2,2H3,(H,20,26)(H,21,25)/t14-,17+/m1/s1. The maximum absolute atomic E-state index is 12.4. The fourth-order valence-electron chi connectivity index (χ4n) is 3.24. The van der Waals surface area contributed by atoms with Gasteiger partial charge in [-0.2, -0.15) is 15.3 Å². The normalized spacial score (nSPS) is 23.2. The van der Waals surface area contributed by atoms with E-state index in [1.807, 2.05) is 13.1 Å². The van der Waals surface area contributed by atoms with Crippen LogP contribution < -0.4 is 10.6 Å². The highest BCUT2D eigenvalue weighted by atomic mass is 16.2. The van der Waals surface area contributed by atoms with Gasteiger partial charge in [0.15, 0.2) is 5.66 Å². The molecule has 0 aromatic carbocycles. The van der Waals surface area contributed by atoms with Crippen LogP contribution in [0.2, 0.25) is 0 Å². The zero-order valence-electron chi connectivity index (χ0n) is 14.9. The maximum atomic E-state index is 12.4. The quantitative estimate of drug-likeness (QED) is 0.693. The minimum absolute atomic E-state index is 0.00596. The van der Waals surface area contributed by atoms with Crippen molar-refractivity contribution < 1.29 is 9.59 Å². The predicted octanol–water partition coefficient (Wildman–Crippen LogP) is 1.69. The molecule has 3 heterocycles. The molecule has 8 nitrogen and oxygen atoms in total. The van der Waals surface area contributed by atoms with Crippen molar-refractivity contribution >= 4 is 11.8 Å². The van der Waals surface area contributed by atoms with Gasteiger partial charge in [0, 0.05) is 50.4 Å². The molecule has 2 atom stereocenters. The van der Waals surface area contributed by atoms with E-state index in [9.17, 15) is 9.59 Å². The lowest BCUT2D eigenvalue weighted by Crippen LogP contribution is -2.50. The molecule has 1 aromatic rings. The van der Waals surface area contributed by atoms with Crippen LogP contribution in [0.1, 0.15) is 57.1 Å². The number of hydrogen-bond acceptors (Lipinski definition) is 5. The third-order valence-corrected chi connectivity index (χ3v) is 4.89. The predicted molar refractivity (Wildman–Crippen MR) is 94.8 cm³/mol. The van der Waals surface area contributed by atoms with Gasteiger partial charge < -0.3 is 10.6 Å². The summed E-state index contributed by atoms with van der Waals surface area (Å²) in [6, 6.07) is -0.407. The molecule has 0 aliphatic carbocycles. The zero-order chi connectivity index (χ0) is 18.6. The van der Waals surface area contributed by atoms with Crippen LogP contribution in [0.3, 0.4) is 0 Å². The van der Waals surface area contributed by atoms with Gasteiger partial charge in [-0.3, -0.25) is 14.3 Å². The molecule has 0 bridgehead atoms. The summed E-state index contributed by atoms with van der Waals surface area (Å²) in [5.74, 6) is 2.52. The van der Waals surface area contributed by atoms with Crippen LogP contribution in [0.4, 0.5) is 0 Å². The number of hydrogen-bond donors (Lipinski definition) is 2. The smallest absolute Gasteiger partial charge is 0.220 e. The number of rotatable bonds is 8. The summed E-state index contributed by atoms with van der Waals surface area (Å²) in [7, 11) is 0. The molecular formula is C18H24N6O2. The first kappa shape index (κ1) is 18.1. The Bertz CT molecular complexity index is 741. The molecule has 1 saturated heterocycles. The number of amides is 2. The Balaban J connectivity index is 1.57. The average molecular weight is 356 g/mol. The van der Waals surface area contributed by atoms with Gasteiger partial charge in [-0.15, -0.1) is 12.3 Å². The Labute approximate surface area is 152 Å². The Morgan fingerprint density at radius 3 is 2.96 bits per heavy atom. The number of nitrogens with zero attached hydrogens (tertiary/aromatic N) is 4. The van der Waals surface area contributed by atoms with Crippen molar-refractivity contribution in [3.8, 4) is 12.3 Å². The van der Waals surface area contributed by atoms with Crippen LogP contribution >= 0.6 is 0 Å². The van der Waals surface area contributed by atoms with Crippen LogP contribution in [-0.4, -0.2) is 33.3 Å². The number of carbonyl (C=O) groups excluding carboxylic acids is 2. The Morgan fingerprint density at radius 1 is 1.50 bits per heavy atom. The van der Waals surface area contributed by atoms with Crippen LogP contribution in [0, 0.1) is 12.3 Å². The lowest BCUT2D eigenvalue weighted by molar-refractivity contribution is -0.127. The second-order valence-corrected chi connectivity index (χ2v) is 6.77. The molecule has 26 heavy (non-hydrogen) atoms. The summed E-state index contributed by atoms with van der Waals surface area (Å²) in [5, 5.41) is 18.4. The topological polar surface area (TPSA) is 101 Å². The molecule has 2 aliphatic rings. The minimum atomic E-state index is -0.452. The second-order valence-electron chi connectivity index (χ2n) is 6.77. The number of carbonyl (C=O) groups is 2. The lowest BCUT2D eigenvalue weighted by atomic mass is 9.93. The van der Waals surface area contributed by atoms with Crippen LogP contribution in [-0.2, 0) is 16.1 Å². The van der Waals surface area contributed by atoms with Gasteiger partial charge in [-0.25, -0.2) is 0 Å². The average Bonchev–Trinajstić information content (AvgIpc) is 3.25. The molecule has 3 rings (SSSR count). The number of nitrogens with one attached hydrogen (secondary N) is 2. The van der Waals surface area contributed by atoms with Crippen molar-refractivity contribution in [2.24, 2.45) is 10.2 Å². The van der Waals surface area contributed by atoms with Crippen LogP contribution in [0.15, 0.2) is 22.6 Å². The molecule has 0 unspecified atom stereocenters. The number of terminal acetylenes is 1. The van der Waals surface area contributed by atoms with E-state index in [1.54, 1.807) is 10.9 Å². The highest BCUT2D eigenvalue weighted by Gasteiger charge is 2.39. The summed E-state index contributed by atoms with van der Waals surface area (Å²) < 4.78 is 1.81. The Morgan fingerprint density at radius 2 is 2.31 bits per heavy atom. The highest BCUT2D eigenvalue weighted by Crippen LogP contribution is 2.37.